The molecular formula is C23H15ClFN3O2. The van der Waals surface area contributed by atoms with Crippen LogP contribution in [-0.4, -0.2) is 14.8 Å². The molecule has 0 spiro atoms. The average molecular weight is 420 g/mol. The van der Waals surface area contributed by atoms with Gasteiger partial charge in [0, 0.05) is 6.20 Å². The van der Waals surface area contributed by atoms with Crippen LogP contribution in [-0.2, 0) is 0 Å². The Bertz CT molecular complexity index is 1470. The second kappa shape index (κ2) is 7.07. The van der Waals surface area contributed by atoms with Gasteiger partial charge in [0.25, 0.3) is 0 Å². The second-order valence-corrected chi connectivity index (χ2v) is 7.33. The third kappa shape index (κ3) is 2.88. The third-order valence-corrected chi connectivity index (χ3v) is 5.46. The van der Waals surface area contributed by atoms with Gasteiger partial charge in [0.15, 0.2) is 0 Å². The third-order valence-electron chi connectivity index (χ3n) is 5.16. The molecule has 0 fully saturated rings. The fraction of sp³-hybridized carbons (Fsp3) is 0.0870. The minimum absolute atomic E-state index is 0.222. The molecular weight excluding hydrogens is 405 g/mol. The molecule has 3 aromatic heterocycles. The van der Waals surface area contributed by atoms with E-state index in [4.69, 9.17) is 16.0 Å². The van der Waals surface area contributed by atoms with Crippen LogP contribution >= 0.6 is 11.6 Å². The molecule has 1 atom stereocenters. The van der Waals surface area contributed by atoms with Gasteiger partial charge in [0.2, 0.25) is 5.43 Å². The highest BCUT2D eigenvalue weighted by Gasteiger charge is 2.24. The van der Waals surface area contributed by atoms with Crippen molar-refractivity contribution in [1.82, 2.24) is 14.8 Å². The van der Waals surface area contributed by atoms with Gasteiger partial charge in [-0.3, -0.25) is 9.48 Å². The van der Waals surface area contributed by atoms with Crippen molar-refractivity contribution < 1.29 is 8.81 Å². The number of hydrogen-bond acceptors (Lipinski definition) is 4. The zero-order chi connectivity index (χ0) is 20.8. The van der Waals surface area contributed by atoms with Gasteiger partial charge in [-0.05, 0) is 42.8 Å². The topological polar surface area (TPSA) is 60.9 Å². The Hall–Kier alpha value is -3.51. The molecule has 5 rings (SSSR count). The lowest BCUT2D eigenvalue weighted by Crippen LogP contribution is -2.16. The Kier molecular flexibility index (Phi) is 4.37. The number of para-hydroxylation sites is 1. The summed E-state index contributed by atoms with van der Waals surface area (Å²) in [6, 6.07) is 14.3. The van der Waals surface area contributed by atoms with E-state index in [0.29, 0.717) is 38.4 Å². The van der Waals surface area contributed by atoms with Gasteiger partial charge in [-0.25, -0.2) is 9.37 Å². The van der Waals surface area contributed by atoms with Crippen LogP contribution in [0.5, 0.6) is 0 Å². The molecule has 5 nitrogen and oxygen atoms in total. The van der Waals surface area contributed by atoms with Crippen molar-refractivity contribution in [3.63, 3.8) is 0 Å². The number of nitrogens with zero attached hydrogens (tertiary/aromatic N) is 3. The van der Waals surface area contributed by atoms with E-state index in [-0.39, 0.29) is 5.43 Å². The first-order chi connectivity index (χ1) is 14.5. The van der Waals surface area contributed by atoms with Crippen molar-refractivity contribution in [3.8, 4) is 11.1 Å². The smallest absolute Gasteiger partial charge is 0.200 e. The van der Waals surface area contributed by atoms with Crippen molar-refractivity contribution in [3.05, 3.63) is 93.9 Å². The quantitative estimate of drug-likeness (QED) is 0.357. The Morgan fingerprint density at radius 2 is 1.93 bits per heavy atom. The lowest BCUT2D eigenvalue weighted by molar-refractivity contribution is 0.447. The summed E-state index contributed by atoms with van der Waals surface area (Å²) >= 11 is 6.19. The molecule has 1 unspecified atom stereocenters. The predicted molar refractivity (Wildman–Crippen MR) is 114 cm³/mol. The first-order valence-electron chi connectivity index (χ1n) is 9.34. The largest absolute Gasteiger partial charge is 0.458 e. The maximum Gasteiger partial charge on any atom is 0.200 e. The van der Waals surface area contributed by atoms with E-state index >= 15 is 0 Å². The molecule has 0 amide bonds. The Labute approximate surface area is 175 Å². The minimum Gasteiger partial charge on any atom is -0.458 e. The average Bonchev–Trinajstić information content (AvgIpc) is 3.19. The lowest BCUT2D eigenvalue weighted by atomic mass is 9.99. The summed E-state index contributed by atoms with van der Waals surface area (Å²) in [5, 5.41) is 5.93. The standard InChI is InChI=1S/C23H15ClFN3O2/c1-13(28-18-9-10-26-23(24)17(18)12-27-28)22-20(14-5-4-6-15(25)11-14)21(29)16-7-2-3-8-19(16)30-22/h2-13H,1H3. The van der Waals surface area contributed by atoms with Gasteiger partial charge >= 0.3 is 0 Å². The molecule has 0 aliphatic heterocycles. The molecule has 0 aliphatic rings. The first-order valence-corrected chi connectivity index (χ1v) is 9.72. The summed E-state index contributed by atoms with van der Waals surface area (Å²) < 4.78 is 21.9. The monoisotopic (exact) mass is 419 g/mol. The van der Waals surface area contributed by atoms with Crippen LogP contribution in [0.3, 0.4) is 0 Å². The predicted octanol–water partition coefficient (Wildman–Crippen LogP) is 5.61. The normalized spacial score (nSPS) is 12.5. The van der Waals surface area contributed by atoms with E-state index < -0.39 is 11.9 Å². The van der Waals surface area contributed by atoms with E-state index in [1.807, 2.05) is 6.92 Å². The number of pyridine rings is 1. The van der Waals surface area contributed by atoms with Crippen molar-refractivity contribution in [2.75, 3.05) is 0 Å². The maximum absolute atomic E-state index is 14.0. The number of benzene rings is 2. The van der Waals surface area contributed by atoms with Crippen molar-refractivity contribution in [1.29, 1.82) is 0 Å². The van der Waals surface area contributed by atoms with E-state index in [0.717, 1.165) is 5.52 Å². The molecule has 7 heteroatoms. The van der Waals surface area contributed by atoms with Crippen LogP contribution in [0.2, 0.25) is 5.15 Å². The van der Waals surface area contributed by atoms with Gasteiger partial charge in [-0.2, -0.15) is 5.10 Å². The summed E-state index contributed by atoms with van der Waals surface area (Å²) in [5.41, 5.74) is 1.75. The first kappa shape index (κ1) is 18.5. The molecule has 0 N–H and O–H groups in total. The minimum atomic E-state index is -0.462. The Morgan fingerprint density at radius 1 is 1.10 bits per heavy atom. The molecule has 0 radical (unpaired) electrons. The lowest BCUT2D eigenvalue weighted by Gasteiger charge is -2.17. The molecule has 0 aliphatic carbocycles. The summed E-state index contributed by atoms with van der Waals surface area (Å²) in [7, 11) is 0. The number of hydrogen-bond donors (Lipinski definition) is 0. The van der Waals surface area contributed by atoms with Crippen LogP contribution in [0.15, 0.2) is 76.2 Å². The highest BCUT2D eigenvalue weighted by Crippen LogP contribution is 2.33. The maximum atomic E-state index is 14.0. The SMILES string of the molecule is CC(c1oc2ccccc2c(=O)c1-c1cccc(F)c1)n1ncc2c(Cl)nccc21. The highest BCUT2D eigenvalue weighted by molar-refractivity contribution is 6.34. The van der Waals surface area contributed by atoms with E-state index in [9.17, 15) is 9.18 Å². The molecule has 148 valence electrons. The van der Waals surface area contributed by atoms with E-state index in [1.54, 1.807) is 59.5 Å². The zero-order valence-electron chi connectivity index (χ0n) is 15.8. The summed E-state index contributed by atoms with van der Waals surface area (Å²) in [5.74, 6) is -0.0386. The van der Waals surface area contributed by atoms with Crippen LogP contribution in [0, 0.1) is 5.82 Å². The summed E-state index contributed by atoms with van der Waals surface area (Å²) in [4.78, 5) is 17.5. The number of fused-ring (bicyclic) bond motifs is 2. The van der Waals surface area contributed by atoms with Gasteiger partial charge in [0.1, 0.15) is 28.4 Å². The molecule has 0 saturated carbocycles. The molecule has 30 heavy (non-hydrogen) atoms. The van der Waals surface area contributed by atoms with Gasteiger partial charge in [0.05, 0.1) is 28.0 Å². The number of halogens is 2. The van der Waals surface area contributed by atoms with Crippen LogP contribution in [0.4, 0.5) is 4.39 Å². The van der Waals surface area contributed by atoms with E-state index in [1.165, 1.54) is 12.1 Å². The highest BCUT2D eigenvalue weighted by atomic mass is 35.5. The van der Waals surface area contributed by atoms with Crippen molar-refractivity contribution >= 4 is 33.5 Å². The Morgan fingerprint density at radius 3 is 2.77 bits per heavy atom. The summed E-state index contributed by atoms with van der Waals surface area (Å²) in [6.45, 7) is 1.87. The molecule has 0 bridgehead atoms. The van der Waals surface area contributed by atoms with Crippen molar-refractivity contribution in [2.45, 2.75) is 13.0 Å². The molecule has 0 saturated heterocycles. The zero-order valence-corrected chi connectivity index (χ0v) is 16.6. The van der Waals surface area contributed by atoms with Gasteiger partial charge in [-0.15, -0.1) is 0 Å². The number of aromatic nitrogens is 3. The van der Waals surface area contributed by atoms with Crippen LogP contribution in [0.1, 0.15) is 18.7 Å². The fourth-order valence-corrected chi connectivity index (χ4v) is 3.93. The molecule has 2 aromatic carbocycles. The second-order valence-electron chi connectivity index (χ2n) is 6.98. The van der Waals surface area contributed by atoms with E-state index in [2.05, 4.69) is 10.1 Å². The van der Waals surface area contributed by atoms with Crippen LogP contribution in [0.25, 0.3) is 33.0 Å². The fourth-order valence-electron chi connectivity index (χ4n) is 3.73. The van der Waals surface area contributed by atoms with Crippen molar-refractivity contribution in [2.24, 2.45) is 0 Å². The molecule has 3 heterocycles. The Balaban J connectivity index is 1.82. The van der Waals surface area contributed by atoms with Gasteiger partial charge < -0.3 is 4.42 Å². The number of rotatable bonds is 3. The van der Waals surface area contributed by atoms with Crippen LogP contribution < -0.4 is 5.43 Å². The van der Waals surface area contributed by atoms with Gasteiger partial charge in [-0.1, -0.05) is 35.9 Å². The molecule has 5 aromatic rings. The summed E-state index contributed by atoms with van der Waals surface area (Å²) in [6.07, 6.45) is 3.22.